The van der Waals surface area contributed by atoms with Crippen LogP contribution in [0.5, 0.6) is 5.75 Å². The Morgan fingerprint density at radius 2 is 1.91 bits per heavy atom. The number of carboxylic acid groups (broad SMARTS) is 1. The van der Waals surface area contributed by atoms with Gasteiger partial charge < -0.3 is 15.2 Å². The largest absolute Gasteiger partial charge is 0.573 e. The van der Waals surface area contributed by atoms with Crippen molar-refractivity contribution in [2.45, 2.75) is 20.2 Å². The number of nitrogens with one attached hydrogen (secondary N) is 1. The van der Waals surface area contributed by atoms with Crippen molar-refractivity contribution in [2.75, 3.05) is 5.32 Å². The molecule has 0 aliphatic heterocycles. The van der Waals surface area contributed by atoms with Gasteiger partial charge in [0.15, 0.2) is 0 Å². The number of carbonyl (C=O) groups is 2. The van der Waals surface area contributed by atoms with Crippen molar-refractivity contribution in [3.63, 3.8) is 0 Å². The Hall–Kier alpha value is -2.25. The molecular formula is C14H14F3NO4. The fraction of sp³-hybridized carbons (Fsp3) is 0.429. The molecule has 0 spiro atoms. The van der Waals surface area contributed by atoms with Gasteiger partial charge in [-0.25, -0.2) is 0 Å². The predicted molar refractivity (Wildman–Crippen MR) is 70.2 cm³/mol. The number of carbonyl (C=O) groups excluding carboxylic acids is 1. The lowest BCUT2D eigenvalue weighted by Gasteiger charge is -2.11. The van der Waals surface area contributed by atoms with Crippen LogP contribution in [0.15, 0.2) is 24.3 Å². The molecule has 0 bridgehead atoms. The first-order chi connectivity index (χ1) is 10.0. The first-order valence-electron chi connectivity index (χ1n) is 6.42. The van der Waals surface area contributed by atoms with E-state index < -0.39 is 41.2 Å². The number of alkyl halides is 3. The van der Waals surface area contributed by atoms with Gasteiger partial charge in [-0.1, -0.05) is 19.9 Å². The smallest absolute Gasteiger partial charge is 0.481 e. The number of benzene rings is 1. The topological polar surface area (TPSA) is 75.6 Å². The van der Waals surface area contributed by atoms with Crippen LogP contribution in [0.1, 0.15) is 13.8 Å². The normalized spacial score (nSPS) is 22.8. The summed E-state index contributed by atoms with van der Waals surface area (Å²) in [5.74, 6) is -3.60. The molecule has 0 saturated heterocycles. The van der Waals surface area contributed by atoms with Crippen LogP contribution >= 0.6 is 0 Å². The van der Waals surface area contributed by atoms with E-state index in [4.69, 9.17) is 5.11 Å². The lowest BCUT2D eigenvalue weighted by atomic mass is 10.1. The van der Waals surface area contributed by atoms with Crippen LogP contribution < -0.4 is 10.1 Å². The number of carboxylic acids is 1. The second-order valence-electron chi connectivity index (χ2n) is 5.68. The molecule has 1 aromatic rings. The number of amides is 1. The number of hydrogen-bond donors (Lipinski definition) is 2. The summed E-state index contributed by atoms with van der Waals surface area (Å²) in [5.41, 5.74) is -0.575. The number of ether oxygens (including phenoxy) is 1. The van der Waals surface area contributed by atoms with E-state index in [1.54, 1.807) is 13.8 Å². The molecular weight excluding hydrogens is 303 g/mol. The average Bonchev–Trinajstić information content (AvgIpc) is 2.90. The van der Waals surface area contributed by atoms with Crippen LogP contribution in [0.25, 0.3) is 0 Å². The van der Waals surface area contributed by atoms with Gasteiger partial charge in [0.05, 0.1) is 11.8 Å². The Labute approximate surface area is 124 Å². The Morgan fingerprint density at radius 1 is 1.27 bits per heavy atom. The second kappa shape index (κ2) is 5.19. The van der Waals surface area contributed by atoms with Crippen molar-refractivity contribution in [3.05, 3.63) is 24.3 Å². The minimum absolute atomic E-state index is 0.110. The zero-order valence-corrected chi connectivity index (χ0v) is 11.8. The molecule has 0 aromatic heterocycles. The molecule has 1 saturated carbocycles. The van der Waals surface area contributed by atoms with Crippen molar-refractivity contribution >= 4 is 17.6 Å². The summed E-state index contributed by atoms with van der Waals surface area (Å²) in [6, 6.07) is 4.82. The highest BCUT2D eigenvalue weighted by Gasteiger charge is 2.65. The average molecular weight is 317 g/mol. The molecule has 120 valence electrons. The Balaban J connectivity index is 2.07. The molecule has 2 rings (SSSR count). The Morgan fingerprint density at radius 3 is 2.41 bits per heavy atom. The standard InChI is InChI=1S/C14H14F3NO4/c1-13(2)9(10(13)12(20)21)11(19)18-7-4-3-5-8(6-7)22-14(15,16)17/h3-6,9-10H,1-2H3,(H,18,19)(H,20,21)/t9-,10+/m1/s1. The van der Waals surface area contributed by atoms with Crippen molar-refractivity contribution < 1.29 is 32.6 Å². The van der Waals surface area contributed by atoms with Crippen molar-refractivity contribution in [2.24, 2.45) is 17.3 Å². The van der Waals surface area contributed by atoms with Crippen LogP contribution in [0.3, 0.4) is 0 Å². The van der Waals surface area contributed by atoms with Gasteiger partial charge in [-0.3, -0.25) is 9.59 Å². The number of hydrogen-bond acceptors (Lipinski definition) is 3. The van der Waals surface area contributed by atoms with Crippen molar-refractivity contribution in [3.8, 4) is 5.75 Å². The molecule has 2 atom stereocenters. The van der Waals surface area contributed by atoms with Gasteiger partial charge in [-0.05, 0) is 17.5 Å². The fourth-order valence-electron chi connectivity index (χ4n) is 2.58. The lowest BCUT2D eigenvalue weighted by Crippen LogP contribution is -2.19. The maximum Gasteiger partial charge on any atom is 0.573 e. The van der Waals surface area contributed by atoms with Gasteiger partial charge in [0.2, 0.25) is 5.91 Å². The third-order valence-corrected chi connectivity index (χ3v) is 3.71. The van der Waals surface area contributed by atoms with Gasteiger partial charge in [-0.2, -0.15) is 0 Å². The van der Waals surface area contributed by atoms with Gasteiger partial charge >= 0.3 is 12.3 Å². The highest BCUT2D eigenvalue weighted by molar-refractivity contribution is 5.99. The number of halogens is 3. The highest BCUT2D eigenvalue weighted by atomic mass is 19.4. The van der Waals surface area contributed by atoms with Crippen LogP contribution in [0.4, 0.5) is 18.9 Å². The minimum Gasteiger partial charge on any atom is -0.481 e. The SMILES string of the molecule is CC1(C)[C@H](C(=O)O)[C@@H]1C(=O)Nc1cccc(OC(F)(F)F)c1. The first kappa shape index (κ1) is 16.1. The quantitative estimate of drug-likeness (QED) is 0.895. The van der Waals surface area contributed by atoms with E-state index in [2.05, 4.69) is 10.1 Å². The predicted octanol–water partition coefficient (Wildman–Crippen LogP) is 2.88. The monoisotopic (exact) mass is 317 g/mol. The van der Waals surface area contributed by atoms with E-state index in [0.717, 1.165) is 12.1 Å². The van der Waals surface area contributed by atoms with Gasteiger partial charge in [0.1, 0.15) is 5.75 Å². The molecule has 1 amide bonds. The highest BCUT2D eigenvalue weighted by Crippen LogP contribution is 2.58. The number of aliphatic carboxylic acids is 1. The molecule has 2 N–H and O–H groups in total. The van der Waals surface area contributed by atoms with Crippen LogP contribution in [-0.4, -0.2) is 23.3 Å². The maximum absolute atomic E-state index is 12.1. The van der Waals surface area contributed by atoms with Crippen molar-refractivity contribution in [1.29, 1.82) is 0 Å². The van der Waals surface area contributed by atoms with E-state index in [-0.39, 0.29) is 5.69 Å². The summed E-state index contributed by atoms with van der Waals surface area (Å²) in [6.07, 6.45) is -4.82. The third-order valence-electron chi connectivity index (χ3n) is 3.71. The van der Waals surface area contributed by atoms with Crippen LogP contribution in [-0.2, 0) is 9.59 Å². The summed E-state index contributed by atoms with van der Waals surface area (Å²) >= 11 is 0. The molecule has 5 nitrogen and oxygen atoms in total. The zero-order valence-electron chi connectivity index (χ0n) is 11.8. The van der Waals surface area contributed by atoms with E-state index in [9.17, 15) is 22.8 Å². The molecule has 22 heavy (non-hydrogen) atoms. The third kappa shape index (κ3) is 3.32. The summed E-state index contributed by atoms with van der Waals surface area (Å²) in [4.78, 5) is 23.1. The summed E-state index contributed by atoms with van der Waals surface area (Å²) in [7, 11) is 0. The van der Waals surface area contributed by atoms with E-state index in [0.29, 0.717) is 0 Å². The van der Waals surface area contributed by atoms with Gasteiger partial charge in [-0.15, -0.1) is 13.2 Å². The molecule has 0 radical (unpaired) electrons. The first-order valence-corrected chi connectivity index (χ1v) is 6.42. The molecule has 1 aliphatic rings. The molecule has 8 heteroatoms. The summed E-state index contributed by atoms with van der Waals surface area (Å²) in [6.45, 7) is 3.30. The van der Waals surface area contributed by atoms with Crippen LogP contribution in [0, 0.1) is 17.3 Å². The van der Waals surface area contributed by atoms with E-state index in [1.165, 1.54) is 12.1 Å². The molecule has 0 unspecified atom stereocenters. The van der Waals surface area contributed by atoms with Gasteiger partial charge in [0, 0.05) is 11.8 Å². The molecule has 1 fully saturated rings. The van der Waals surface area contributed by atoms with E-state index in [1.807, 2.05) is 0 Å². The number of anilines is 1. The Kier molecular flexibility index (Phi) is 3.80. The zero-order chi connectivity index (χ0) is 16.7. The molecule has 1 aromatic carbocycles. The lowest BCUT2D eigenvalue weighted by molar-refractivity contribution is -0.274. The number of rotatable bonds is 4. The second-order valence-corrected chi connectivity index (χ2v) is 5.68. The Bertz CT molecular complexity index is 612. The maximum atomic E-state index is 12.1. The molecule has 1 aliphatic carbocycles. The summed E-state index contributed by atoms with van der Waals surface area (Å²) in [5, 5.41) is 11.4. The van der Waals surface area contributed by atoms with Crippen molar-refractivity contribution in [1.82, 2.24) is 0 Å². The van der Waals surface area contributed by atoms with Gasteiger partial charge in [0.25, 0.3) is 0 Å². The fourth-order valence-corrected chi connectivity index (χ4v) is 2.58. The summed E-state index contributed by atoms with van der Waals surface area (Å²) < 4.78 is 40.2. The molecule has 0 heterocycles. The van der Waals surface area contributed by atoms with Crippen LogP contribution in [0.2, 0.25) is 0 Å². The van der Waals surface area contributed by atoms with E-state index >= 15 is 0 Å². The minimum atomic E-state index is -4.82.